The maximum absolute atomic E-state index is 3.91. The van der Waals surface area contributed by atoms with Crippen molar-refractivity contribution in [2.75, 3.05) is 0 Å². The molecule has 0 amide bonds. The predicted molar refractivity (Wildman–Crippen MR) is 270 cm³/mol. The average molecular weight is 805 g/mol. The van der Waals surface area contributed by atoms with Crippen LogP contribution in [0.3, 0.4) is 0 Å². The zero-order valence-electron chi connectivity index (χ0n) is 35.1. The predicted octanol–water partition coefficient (Wildman–Crippen LogP) is 16.7. The van der Waals surface area contributed by atoms with Gasteiger partial charge in [-0.2, -0.15) is 0 Å². The summed E-state index contributed by atoms with van der Waals surface area (Å²) in [7, 11) is 0. The fourth-order valence-electron chi connectivity index (χ4n) is 9.41. The minimum Gasteiger partial charge on any atom is -0.309 e. The van der Waals surface area contributed by atoms with Crippen molar-refractivity contribution >= 4 is 49.2 Å². The molecule has 0 spiro atoms. The maximum atomic E-state index is 3.91. The van der Waals surface area contributed by atoms with Gasteiger partial charge in [0.05, 0.1) is 22.1 Å². The Bertz CT molecular complexity index is 3560. The summed E-state index contributed by atoms with van der Waals surface area (Å²) in [4.78, 5) is 0. The summed E-state index contributed by atoms with van der Waals surface area (Å²) >= 11 is 0. The van der Waals surface area contributed by atoms with E-state index in [-0.39, 0.29) is 0 Å². The van der Waals surface area contributed by atoms with Crippen LogP contribution >= 0.6 is 0 Å². The lowest BCUT2D eigenvalue weighted by Gasteiger charge is -2.14. The molecule has 0 saturated heterocycles. The molecule has 0 N–H and O–H groups in total. The third-order valence-electron chi connectivity index (χ3n) is 12.4. The largest absolute Gasteiger partial charge is 0.309 e. The Morgan fingerprint density at radius 1 is 0.365 bits per heavy atom. The third-order valence-corrected chi connectivity index (χ3v) is 12.4. The van der Waals surface area contributed by atoms with Gasteiger partial charge in [0.1, 0.15) is 0 Å². The number of rotatable bonds is 9. The van der Waals surface area contributed by atoms with E-state index in [9.17, 15) is 0 Å². The van der Waals surface area contributed by atoms with Crippen molar-refractivity contribution in [3.05, 3.63) is 249 Å². The Hall–Kier alpha value is -8.20. The standard InChI is InChI=1S/C61H44N2/c1-3-5-18-42(4-2)49-35-50(44-21-11-7-12-22-44)37-51(36-49)45-23-17-26-53(38-45)63-58-28-16-15-27-54(58)55-40-47(30-33-59(55)63)48-31-34-61-57(41-48)56-39-46(43-19-9-6-10-20-43)29-32-60(56)62(61)52-24-13-8-14-25-52/h3-41H,1H2,2H3/b18-5-,42-4+. The Labute approximate surface area is 368 Å². The van der Waals surface area contributed by atoms with E-state index in [2.05, 4.69) is 247 Å². The first-order valence-electron chi connectivity index (χ1n) is 21.6. The van der Waals surface area contributed by atoms with E-state index in [4.69, 9.17) is 0 Å². The van der Waals surface area contributed by atoms with Crippen LogP contribution in [0, 0.1) is 0 Å². The van der Waals surface area contributed by atoms with Crippen LogP contribution in [0.5, 0.6) is 0 Å². The molecule has 0 atom stereocenters. The molecule has 2 aromatic heterocycles. The van der Waals surface area contributed by atoms with Gasteiger partial charge < -0.3 is 9.13 Å². The number of hydrogen-bond donors (Lipinski definition) is 0. The van der Waals surface area contributed by atoms with E-state index >= 15 is 0 Å². The number of fused-ring (bicyclic) bond motifs is 6. The van der Waals surface area contributed by atoms with Gasteiger partial charge in [-0.3, -0.25) is 0 Å². The minimum atomic E-state index is 1.13. The number of nitrogens with zero attached hydrogens (tertiary/aromatic N) is 2. The van der Waals surface area contributed by atoms with Crippen LogP contribution in [0.2, 0.25) is 0 Å². The number of allylic oxidation sites excluding steroid dienone is 5. The molecule has 2 heterocycles. The zero-order valence-corrected chi connectivity index (χ0v) is 35.1. The molecule has 63 heavy (non-hydrogen) atoms. The molecule has 2 nitrogen and oxygen atoms in total. The second-order valence-electron chi connectivity index (χ2n) is 16.1. The first kappa shape index (κ1) is 37.8. The quantitative estimate of drug-likeness (QED) is 0.129. The molecule has 0 fully saturated rings. The van der Waals surface area contributed by atoms with E-state index in [1.165, 1.54) is 88.1 Å². The highest BCUT2D eigenvalue weighted by molar-refractivity contribution is 6.13. The lowest BCUT2D eigenvalue weighted by molar-refractivity contribution is 1.18. The Balaban J connectivity index is 1.05. The van der Waals surface area contributed by atoms with Crippen LogP contribution in [0.15, 0.2) is 243 Å². The summed E-state index contributed by atoms with van der Waals surface area (Å²) in [6, 6.07) is 77.6. The molecule has 0 bridgehead atoms. The van der Waals surface area contributed by atoms with Crippen molar-refractivity contribution in [1.82, 2.24) is 9.13 Å². The molecular formula is C61H44N2. The molecule has 0 unspecified atom stereocenters. The molecular weight excluding hydrogens is 761 g/mol. The van der Waals surface area contributed by atoms with Crippen molar-refractivity contribution < 1.29 is 0 Å². The normalized spacial score (nSPS) is 12.0. The second-order valence-corrected chi connectivity index (χ2v) is 16.1. The van der Waals surface area contributed by atoms with Gasteiger partial charge in [-0.05, 0) is 147 Å². The molecule has 0 aliphatic heterocycles. The second kappa shape index (κ2) is 16.0. The van der Waals surface area contributed by atoms with E-state index in [1.807, 2.05) is 12.2 Å². The SMILES string of the molecule is C=C/C=C\C(=C/C)c1cc(-c2ccccc2)cc(-c2cccc(-n3c4ccccc4c4cc(-c5ccc6c(c5)c5cc(-c7ccccc7)ccc5n6-c5ccccc5)ccc43)c2)c1. The Morgan fingerprint density at radius 2 is 0.810 bits per heavy atom. The maximum Gasteiger partial charge on any atom is 0.0541 e. The number of para-hydroxylation sites is 2. The fourth-order valence-corrected chi connectivity index (χ4v) is 9.41. The van der Waals surface area contributed by atoms with Crippen molar-refractivity contribution in [2.45, 2.75) is 6.92 Å². The Kier molecular flexibility index (Phi) is 9.60. The summed E-state index contributed by atoms with van der Waals surface area (Å²) in [5, 5.41) is 4.94. The van der Waals surface area contributed by atoms with Gasteiger partial charge in [0.25, 0.3) is 0 Å². The average Bonchev–Trinajstić information content (AvgIpc) is 3.87. The van der Waals surface area contributed by atoms with E-state index < -0.39 is 0 Å². The molecule has 2 heteroatoms. The molecule has 9 aromatic carbocycles. The minimum absolute atomic E-state index is 1.13. The molecule has 11 aromatic rings. The summed E-state index contributed by atoms with van der Waals surface area (Å²) in [5.74, 6) is 0. The van der Waals surface area contributed by atoms with Crippen LogP contribution in [0.4, 0.5) is 0 Å². The molecule has 0 aliphatic rings. The topological polar surface area (TPSA) is 9.86 Å². The van der Waals surface area contributed by atoms with E-state index in [1.54, 1.807) is 0 Å². The van der Waals surface area contributed by atoms with Crippen LogP contribution in [0.25, 0.3) is 105 Å². The lowest BCUT2D eigenvalue weighted by Crippen LogP contribution is -1.95. The smallest absolute Gasteiger partial charge is 0.0541 e. The van der Waals surface area contributed by atoms with Crippen LogP contribution in [-0.4, -0.2) is 9.13 Å². The first-order valence-corrected chi connectivity index (χ1v) is 21.6. The van der Waals surface area contributed by atoms with Crippen LogP contribution < -0.4 is 0 Å². The summed E-state index contributed by atoms with van der Waals surface area (Å²) in [6.07, 6.45) is 8.13. The van der Waals surface area contributed by atoms with Gasteiger partial charge >= 0.3 is 0 Å². The summed E-state index contributed by atoms with van der Waals surface area (Å²) in [6.45, 7) is 6.01. The number of hydrogen-bond acceptors (Lipinski definition) is 0. The first-order chi connectivity index (χ1) is 31.1. The van der Waals surface area contributed by atoms with Gasteiger partial charge in [-0.15, -0.1) is 0 Å². The zero-order chi connectivity index (χ0) is 42.3. The molecule has 11 rings (SSSR count). The van der Waals surface area contributed by atoms with Gasteiger partial charge in [0.2, 0.25) is 0 Å². The van der Waals surface area contributed by atoms with Gasteiger partial charge in [-0.1, -0.05) is 158 Å². The highest BCUT2D eigenvalue weighted by Crippen LogP contribution is 2.40. The van der Waals surface area contributed by atoms with E-state index in [0.717, 1.165) is 22.5 Å². The van der Waals surface area contributed by atoms with Crippen molar-refractivity contribution in [1.29, 1.82) is 0 Å². The Morgan fingerprint density at radius 3 is 1.41 bits per heavy atom. The highest BCUT2D eigenvalue weighted by atomic mass is 15.0. The molecule has 0 saturated carbocycles. The van der Waals surface area contributed by atoms with Crippen LogP contribution in [-0.2, 0) is 0 Å². The van der Waals surface area contributed by atoms with Crippen molar-refractivity contribution in [2.24, 2.45) is 0 Å². The monoisotopic (exact) mass is 804 g/mol. The van der Waals surface area contributed by atoms with Gasteiger partial charge in [-0.25, -0.2) is 0 Å². The number of aromatic nitrogens is 2. The lowest BCUT2D eigenvalue weighted by atomic mass is 9.93. The summed E-state index contributed by atoms with van der Waals surface area (Å²) in [5.41, 5.74) is 18.9. The summed E-state index contributed by atoms with van der Waals surface area (Å²) < 4.78 is 4.82. The molecule has 0 radical (unpaired) electrons. The molecule has 0 aliphatic carbocycles. The highest BCUT2D eigenvalue weighted by Gasteiger charge is 2.18. The fraction of sp³-hybridized carbons (Fsp3) is 0.0164. The van der Waals surface area contributed by atoms with Crippen molar-refractivity contribution in [3.63, 3.8) is 0 Å². The van der Waals surface area contributed by atoms with Crippen LogP contribution in [0.1, 0.15) is 12.5 Å². The van der Waals surface area contributed by atoms with Crippen molar-refractivity contribution in [3.8, 4) is 55.9 Å². The van der Waals surface area contributed by atoms with Gasteiger partial charge in [0, 0.05) is 32.9 Å². The third kappa shape index (κ3) is 6.79. The van der Waals surface area contributed by atoms with E-state index in [0.29, 0.717) is 0 Å². The molecule has 298 valence electrons. The van der Waals surface area contributed by atoms with Gasteiger partial charge in [0.15, 0.2) is 0 Å². The number of benzene rings is 9.